The van der Waals surface area contributed by atoms with Crippen LogP contribution in [-0.4, -0.2) is 74.9 Å². The molecule has 2 aliphatic heterocycles. The molecule has 2 aliphatic rings. The summed E-state index contributed by atoms with van der Waals surface area (Å²) in [5.74, 6) is 0. The first kappa shape index (κ1) is 19.1. The molecule has 2 heterocycles. The molecule has 2 saturated heterocycles. The number of rotatable bonds is 5. The third-order valence-corrected chi connectivity index (χ3v) is 7.88. The highest BCUT2D eigenvalue weighted by molar-refractivity contribution is 7.89. The van der Waals surface area contributed by atoms with Gasteiger partial charge >= 0.3 is 0 Å². The number of sulfonamides is 1. The Morgan fingerprint density at radius 3 is 2.48 bits per heavy atom. The van der Waals surface area contributed by atoms with Gasteiger partial charge in [0.2, 0.25) is 10.0 Å². The number of piperidine rings is 1. The highest BCUT2D eigenvalue weighted by atomic mass is 35.5. The van der Waals surface area contributed by atoms with E-state index in [1.807, 2.05) is 0 Å². The van der Waals surface area contributed by atoms with Crippen LogP contribution in [0.1, 0.15) is 25.7 Å². The minimum Gasteiger partial charge on any atom is -0.303 e. The highest BCUT2D eigenvalue weighted by Crippen LogP contribution is 2.25. The maximum absolute atomic E-state index is 12.8. The Kier molecular flexibility index (Phi) is 6.39. The van der Waals surface area contributed by atoms with Crippen molar-refractivity contribution in [1.82, 2.24) is 14.1 Å². The summed E-state index contributed by atoms with van der Waals surface area (Å²) >= 11 is 6.09. The van der Waals surface area contributed by atoms with Gasteiger partial charge in [-0.2, -0.15) is 4.31 Å². The molecule has 1 aromatic carbocycles. The molecule has 3 rings (SSSR count). The average molecular weight is 386 g/mol. The van der Waals surface area contributed by atoms with Crippen molar-refractivity contribution in [2.45, 2.75) is 36.6 Å². The fourth-order valence-electron chi connectivity index (χ4n) is 3.83. The lowest BCUT2D eigenvalue weighted by Crippen LogP contribution is -2.49. The van der Waals surface area contributed by atoms with Crippen molar-refractivity contribution in [3.8, 4) is 0 Å². The predicted molar refractivity (Wildman–Crippen MR) is 102 cm³/mol. The van der Waals surface area contributed by atoms with E-state index in [1.165, 1.54) is 32.2 Å². The number of benzene rings is 1. The van der Waals surface area contributed by atoms with Gasteiger partial charge in [0.1, 0.15) is 4.90 Å². The molecule has 7 heteroatoms. The summed E-state index contributed by atoms with van der Waals surface area (Å²) < 4.78 is 27.1. The third kappa shape index (κ3) is 4.55. The minimum atomic E-state index is -3.49. The van der Waals surface area contributed by atoms with Crippen LogP contribution < -0.4 is 0 Å². The Balaban J connectivity index is 1.52. The lowest BCUT2D eigenvalue weighted by Gasteiger charge is -2.37. The summed E-state index contributed by atoms with van der Waals surface area (Å²) in [4.78, 5) is 5.08. The largest absolute Gasteiger partial charge is 0.303 e. The Morgan fingerprint density at radius 2 is 1.80 bits per heavy atom. The number of likely N-dealkylation sites (tertiary alicyclic amines) is 1. The quantitative estimate of drug-likeness (QED) is 0.781. The van der Waals surface area contributed by atoms with Crippen LogP contribution in [0.25, 0.3) is 0 Å². The second kappa shape index (κ2) is 8.35. The second-order valence-electron chi connectivity index (χ2n) is 7.10. The molecule has 0 unspecified atom stereocenters. The van der Waals surface area contributed by atoms with Crippen molar-refractivity contribution in [2.75, 3.05) is 46.3 Å². The first-order valence-corrected chi connectivity index (χ1v) is 11.0. The van der Waals surface area contributed by atoms with Gasteiger partial charge in [0.15, 0.2) is 0 Å². The molecular formula is C18H28ClN3O2S. The molecular weight excluding hydrogens is 358 g/mol. The Bertz CT molecular complexity index is 675. The van der Waals surface area contributed by atoms with Crippen LogP contribution in [0.2, 0.25) is 5.02 Å². The van der Waals surface area contributed by atoms with Gasteiger partial charge < -0.3 is 9.80 Å². The van der Waals surface area contributed by atoms with E-state index >= 15 is 0 Å². The molecule has 0 saturated carbocycles. The second-order valence-corrected chi connectivity index (χ2v) is 9.41. The van der Waals surface area contributed by atoms with Gasteiger partial charge in [-0.25, -0.2) is 8.42 Å². The Hall–Kier alpha value is -0.660. The van der Waals surface area contributed by atoms with Crippen LogP contribution in [0.5, 0.6) is 0 Å². The van der Waals surface area contributed by atoms with Crippen LogP contribution >= 0.6 is 11.6 Å². The number of hydrogen-bond donors (Lipinski definition) is 0. The number of halogens is 1. The van der Waals surface area contributed by atoms with Gasteiger partial charge in [-0.15, -0.1) is 0 Å². The first-order chi connectivity index (χ1) is 12.0. The Morgan fingerprint density at radius 1 is 1.08 bits per heavy atom. The maximum Gasteiger partial charge on any atom is 0.244 e. The van der Waals surface area contributed by atoms with E-state index in [1.54, 1.807) is 28.6 Å². The summed E-state index contributed by atoms with van der Waals surface area (Å²) in [6.07, 6.45) is 5.11. The summed E-state index contributed by atoms with van der Waals surface area (Å²) in [7, 11) is -1.27. The average Bonchev–Trinajstić information content (AvgIpc) is 2.61. The van der Waals surface area contributed by atoms with E-state index in [2.05, 4.69) is 16.8 Å². The molecule has 25 heavy (non-hydrogen) atoms. The van der Waals surface area contributed by atoms with Crippen molar-refractivity contribution in [3.05, 3.63) is 29.3 Å². The summed E-state index contributed by atoms with van der Waals surface area (Å²) in [5, 5.41) is 0.297. The molecule has 1 aromatic rings. The van der Waals surface area contributed by atoms with Gasteiger partial charge in [0, 0.05) is 32.2 Å². The van der Waals surface area contributed by atoms with Crippen molar-refractivity contribution >= 4 is 21.6 Å². The maximum atomic E-state index is 12.8. The van der Waals surface area contributed by atoms with Crippen LogP contribution in [0, 0.1) is 0 Å². The lowest BCUT2D eigenvalue weighted by molar-refractivity contribution is 0.136. The fraction of sp³-hybridized carbons (Fsp3) is 0.667. The summed E-state index contributed by atoms with van der Waals surface area (Å²) in [5.41, 5.74) is 0. The zero-order valence-corrected chi connectivity index (χ0v) is 16.5. The Labute approximate surface area is 156 Å². The first-order valence-electron chi connectivity index (χ1n) is 9.16. The minimum absolute atomic E-state index is 0.217. The molecule has 2 fully saturated rings. The van der Waals surface area contributed by atoms with Crippen LogP contribution in [0.4, 0.5) is 0 Å². The molecule has 140 valence electrons. The molecule has 0 aromatic heterocycles. The topological polar surface area (TPSA) is 43.9 Å². The lowest BCUT2D eigenvalue weighted by atomic mass is 10.00. The zero-order valence-electron chi connectivity index (χ0n) is 14.9. The van der Waals surface area contributed by atoms with Gasteiger partial charge in [-0.3, -0.25) is 0 Å². The van der Waals surface area contributed by atoms with E-state index in [9.17, 15) is 8.42 Å². The van der Waals surface area contributed by atoms with Crippen LogP contribution in [-0.2, 0) is 10.0 Å². The fourth-order valence-corrected chi connectivity index (χ4v) is 5.74. The normalized spacial score (nSPS) is 24.5. The molecule has 0 N–H and O–H groups in total. The molecule has 0 spiro atoms. The van der Waals surface area contributed by atoms with Crippen LogP contribution in [0.15, 0.2) is 29.2 Å². The SMILES string of the molecule is CN1CCCC[C@H]1CCN1CCN(S(=O)(=O)c2ccccc2Cl)CC1. The van der Waals surface area contributed by atoms with E-state index in [0.29, 0.717) is 24.2 Å². The third-order valence-electron chi connectivity index (χ3n) is 5.49. The van der Waals surface area contributed by atoms with E-state index in [4.69, 9.17) is 11.6 Å². The summed E-state index contributed by atoms with van der Waals surface area (Å²) in [6.45, 7) is 4.91. The van der Waals surface area contributed by atoms with Crippen molar-refractivity contribution in [2.24, 2.45) is 0 Å². The monoisotopic (exact) mass is 385 g/mol. The van der Waals surface area contributed by atoms with Gasteiger partial charge in [0.25, 0.3) is 0 Å². The molecule has 1 atom stereocenters. The molecule has 0 aliphatic carbocycles. The zero-order chi connectivity index (χ0) is 17.9. The smallest absolute Gasteiger partial charge is 0.244 e. The van der Waals surface area contributed by atoms with Crippen molar-refractivity contribution in [3.63, 3.8) is 0 Å². The summed E-state index contributed by atoms with van der Waals surface area (Å²) in [6, 6.07) is 7.37. The molecule has 0 radical (unpaired) electrons. The highest BCUT2D eigenvalue weighted by Gasteiger charge is 2.30. The van der Waals surface area contributed by atoms with E-state index in [-0.39, 0.29) is 4.90 Å². The van der Waals surface area contributed by atoms with E-state index in [0.717, 1.165) is 19.6 Å². The van der Waals surface area contributed by atoms with Crippen molar-refractivity contribution < 1.29 is 8.42 Å². The molecule has 0 bridgehead atoms. The van der Waals surface area contributed by atoms with Gasteiger partial charge in [-0.1, -0.05) is 30.2 Å². The molecule has 5 nitrogen and oxygen atoms in total. The number of nitrogens with zero attached hydrogens (tertiary/aromatic N) is 3. The number of piperazine rings is 1. The standard InChI is InChI=1S/C18H28ClN3O2S/c1-20-10-5-4-6-16(20)9-11-21-12-14-22(15-13-21)25(23,24)18-8-3-2-7-17(18)19/h2-3,7-8,16H,4-6,9-15H2,1H3/t16-/m0/s1. The van der Waals surface area contributed by atoms with Gasteiger partial charge in [-0.05, 0) is 51.5 Å². The van der Waals surface area contributed by atoms with Crippen LogP contribution in [0.3, 0.4) is 0 Å². The molecule has 0 amide bonds. The van der Waals surface area contributed by atoms with Gasteiger partial charge in [0.05, 0.1) is 5.02 Å². The van der Waals surface area contributed by atoms with E-state index < -0.39 is 10.0 Å². The predicted octanol–water partition coefficient (Wildman–Crippen LogP) is 2.52. The number of hydrogen-bond acceptors (Lipinski definition) is 4. The van der Waals surface area contributed by atoms with Crippen molar-refractivity contribution in [1.29, 1.82) is 0 Å².